The van der Waals surface area contributed by atoms with E-state index >= 15 is 0 Å². The highest BCUT2D eigenvalue weighted by molar-refractivity contribution is 5.82. The fraction of sp³-hybridized carbons (Fsp3) is 0.773. The second-order valence-electron chi connectivity index (χ2n) is 9.40. The Bertz CT molecular complexity index is 581. The summed E-state index contributed by atoms with van der Waals surface area (Å²) in [6, 6.07) is 0. The highest BCUT2D eigenvalue weighted by atomic mass is 16.1. The van der Waals surface area contributed by atoms with Crippen molar-refractivity contribution < 1.29 is 4.79 Å². The van der Waals surface area contributed by atoms with E-state index in [1.807, 2.05) is 6.92 Å². The number of hydrogen-bond donors (Lipinski definition) is 0. The molecule has 1 saturated carbocycles. The van der Waals surface area contributed by atoms with Crippen molar-refractivity contribution in [3.63, 3.8) is 0 Å². The van der Waals surface area contributed by atoms with Crippen molar-refractivity contribution >= 4 is 5.78 Å². The molecule has 23 heavy (non-hydrogen) atoms. The Morgan fingerprint density at radius 3 is 2.48 bits per heavy atom. The van der Waals surface area contributed by atoms with Gasteiger partial charge in [0.05, 0.1) is 0 Å². The molecule has 0 aromatic carbocycles. The zero-order chi connectivity index (χ0) is 17.0. The van der Waals surface area contributed by atoms with Crippen molar-refractivity contribution in [2.24, 2.45) is 28.1 Å². The molecule has 0 N–H and O–H groups in total. The minimum atomic E-state index is -0.125. The third-order valence-electron chi connectivity index (χ3n) is 8.20. The molecule has 0 heterocycles. The summed E-state index contributed by atoms with van der Waals surface area (Å²) in [7, 11) is 0. The lowest BCUT2D eigenvalue weighted by Crippen LogP contribution is -2.56. The molecule has 0 spiro atoms. The van der Waals surface area contributed by atoms with E-state index in [2.05, 4.69) is 46.8 Å². The van der Waals surface area contributed by atoms with Crippen LogP contribution in [0.3, 0.4) is 0 Å². The number of Topliss-reactive ketones (excluding diaryl/α,β-unsaturated/α-hetero) is 1. The van der Waals surface area contributed by atoms with Crippen LogP contribution in [0, 0.1) is 28.1 Å². The molecule has 4 atom stereocenters. The molecule has 3 aliphatic carbocycles. The quantitative estimate of drug-likeness (QED) is 0.602. The Labute approximate surface area is 142 Å². The first kappa shape index (κ1) is 17.0. The molecule has 1 unspecified atom stereocenters. The Morgan fingerprint density at radius 1 is 1.17 bits per heavy atom. The topological polar surface area (TPSA) is 17.1 Å². The lowest BCUT2D eigenvalue weighted by molar-refractivity contribution is -0.144. The molecule has 128 valence electrons. The van der Waals surface area contributed by atoms with Gasteiger partial charge in [-0.1, -0.05) is 58.8 Å². The molecule has 3 rings (SSSR count). The van der Waals surface area contributed by atoms with Crippen LogP contribution in [0.4, 0.5) is 0 Å². The van der Waals surface area contributed by atoms with Crippen LogP contribution in [0.1, 0.15) is 80.1 Å². The van der Waals surface area contributed by atoms with Crippen LogP contribution in [-0.4, -0.2) is 5.78 Å². The summed E-state index contributed by atoms with van der Waals surface area (Å²) in [5, 5.41) is 0. The second kappa shape index (κ2) is 5.33. The van der Waals surface area contributed by atoms with Gasteiger partial charge in [-0.05, 0) is 67.3 Å². The Balaban J connectivity index is 2.08. The molecule has 1 heteroatoms. The fourth-order valence-electron chi connectivity index (χ4n) is 6.05. The van der Waals surface area contributed by atoms with Crippen LogP contribution >= 0.6 is 0 Å². The Morgan fingerprint density at radius 2 is 1.87 bits per heavy atom. The Hall–Kier alpha value is -0.850. The van der Waals surface area contributed by atoms with E-state index in [9.17, 15) is 4.79 Å². The third kappa shape index (κ3) is 2.22. The lowest BCUT2D eigenvalue weighted by atomic mass is 9.41. The van der Waals surface area contributed by atoms with E-state index in [0.717, 1.165) is 12.8 Å². The van der Waals surface area contributed by atoms with Gasteiger partial charge in [0.1, 0.15) is 5.78 Å². The zero-order valence-electron chi connectivity index (χ0n) is 16.0. The van der Waals surface area contributed by atoms with E-state index < -0.39 is 0 Å². The summed E-state index contributed by atoms with van der Waals surface area (Å²) in [4.78, 5) is 12.5. The number of carbonyl (C=O) groups is 1. The van der Waals surface area contributed by atoms with E-state index in [1.54, 1.807) is 11.1 Å². The zero-order valence-corrected chi connectivity index (χ0v) is 16.0. The number of allylic oxidation sites excluding steroid dienone is 4. The molecule has 0 saturated heterocycles. The van der Waals surface area contributed by atoms with Crippen LogP contribution in [0.15, 0.2) is 23.3 Å². The van der Waals surface area contributed by atoms with Gasteiger partial charge in [-0.3, -0.25) is 4.79 Å². The molecular weight excluding hydrogens is 280 g/mol. The molecule has 0 aliphatic heterocycles. The number of rotatable bonds is 2. The van der Waals surface area contributed by atoms with Gasteiger partial charge in [0, 0.05) is 5.41 Å². The molecule has 0 bridgehead atoms. The van der Waals surface area contributed by atoms with Crippen LogP contribution in [0.5, 0.6) is 0 Å². The summed E-state index contributed by atoms with van der Waals surface area (Å²) in [5.41, 5.74) is 3.56. The summed E-state index contributed by atoms with van der Waals surface area (Å²) in [5.74, 6) is 1.56. The molecule has 1 nitrogen and oxygen atoms in total. The lowest BCUT2D eigenvalue weighted by Gasteiger charge is -2.62. The predicted molar refractivity (Wildman–Crippen MR) is 97.2 cm³/mol. The van der Waals surface area contributed by atoms with Crippen LogP contribution in [0.2, 0.25) is 0 Å². The number of carbonyl (C=O) groups excluding carboxylic acids is 1. The van der Waals surface area contributed by atoms with Gasteiger partial charge >= 0.3 is 0 Å². The van der Waals surface area contributed by atoms with Gasteiger partial charge in [0.25, 0.3) is 0 Å². The third-order valence-corrected chi connectivity index (χ3v) is 8.20. The SMILES string of the molecule is CC(=O)[C@@]1(C)CCC[C@@]2(C)C1CC=C1C=C(C(C)C)CC[C@]12C. The van der Waals surface area contributed by atoms with Gasteiger partial charge < -0.3 is 0 Å². The van der Waals surface area contributed by atoms with Gasteiger partial charge in [0.15, 0.2) is 0 Å². The molecular formula is C22H34O. The molecule has 3 aliphatic rings. The average molecular weight is 315 g/mol. The molecule has 0 radical (unpaired) electrons. The molecule has 1 fully saturated rings. The first-order valence-corrected chi connectivity index (χ1v) is 9.57. The van der Waals surface area contributed by atoms with Crippen molar-refractivity contribution in [1.82, 2.24) is 0 Å². The minimum absolute atomic E-state index is 0.125. The van der Waals surface area contributed by atoms with Crippen LogP contribution < -0.4 is 0 Å². The highest BCUT2D eigenvalue weighted by Crippen LogP contribution is 2.67. The van der Waals surface area contributed by atoms with Crippen molar-refractivity contribution in [1.29, 1.82) is 0 Å². The first-order chi connectivity index (χ1) is 10.6. The van der Waals surface area contributed by atoms with Gasteiger partial charge in [-0.25, -0.2) is 0 Å². The summed E-state index contributed by atoms with van der Waals surface area (Å²) >= 11 is 0. The molecule has 0 aromatic heterocycles. The standard InChI is InChI=1S/C22H34O/c1-15(2)17-10-13-21(5)18(14-17)8-9-19-20(4,16(3)23)11-7-12-22(19,21)6/h8,14-15,19H,7,9-13H2,1-6H3/t19?,20-,21-,22+/m1/s1. The maximum atomic E-state index is 12.5. The van der Waals surface area contributed by atoms with E-state index in [-0.39, 0.29) is 16.2 Å². The van der Waals surface area contributed by atoms with Crippen molar-refractivity contribution in [3.8, 4) is 0 Å². The van der Waals surface area contributed by atoms with Gasteiger partial charge in [0.2, 0.25) is 0 Å². The summed E-state index contributed by atoms with van der Waals surface area (Å²) in [6.07, 6.45) is 12.1. The number of ketones is 1. The number of fused-ring (bicyclic) bond motifs is 3. The molecule has 0 aromatic rings. The predicted octanol–water partition coefficient (Wildman–Crippen LogP) is 6.10. The highest BCUT2D eigenvalue weighted by Gasteiger charge is 2.60. The van der Waals surface area contributed by atoms with Crippen LogP contribution in [0.25, 0.3) is 0 Å². The summed E-state index contributed by atoms with van der Waals surface area (Å²) in [6.45, 7) is 13.7. The number of hydrogen-bond acceptors (Lipinski definition) is 1. The van der Waals surface area contributed by atoms with Crippen molar-refractivity contribution in [2.45, 2.75) is 80.1 Å². The van der Waals surface area contributed by atoms with E-state index in [0.29, 0.717) is 17.6 Å². The summed E-state index contributed by atoms with van der Waals surface area (Å²) < 4.78 is 0. The monoisotopic (exact) mass is 314 g/mol. The average Bonchev–Trinajstić information content (AvgIpc) is 2.47. The second-order valence-corrected chi connectivity index (χ2v) is 9.40. The fourth-order valence-corrected chi connectivity index (χ4v) is 6.05. The van der Waals surface area contributed by atoms with Crippen molar-refractivity contribution in [3.05, 3.63) is 23.3 Å². The van der Waals surface area contributed by atoms with Crippen LogP contribution in [-0.2, 0) is 4.79 Å². The van der Waals surface area contributed by atoms with Gasteiger partial charge in [-0.15, -0.1) is 0 Å². The van der Waals surface area contributed by atoms with E-state index in [4.69, 9.17) is 0 Å². The molecule has 0 amide bonds. The largest absolute Gasteiger partial charge is 0.299 e. The van der Waals surface area contributed by atoms with E-state index in [1.165, 1.54) is 25.7 Å². The maximum Gasteiger partial charge on any atom is 0.135 e. The normalized spacial score (nSPS) is 43.3. The first-order valence-electron chi connectivity index (χ1n) is 9.57. The Kier molecular flexibility index (Phi) is 3.93. The van der Waals surface area contributed by atoms with Gasteiger partial charge in [-0.2, -0.15) is 0 Å². The van der Waals surface area contributed by atoms with Crippen molar-refractivity contribution in [2.75, 3.05) is 0 Å². The maximum absolute atomic E-state index is 12.5. The minimum Gasteiger partial charge on any atom is -0.299 e. The smallest absolute Gasteiger partial charge is 0.135 e.